The number of methoxy groups -OCH3 is 2. The smallest absolute Gasteiger partial charge is 0.249 e. The number of nitrogens with zero attached hydrogens (tertiary/aromatic N) is 1. The Morgan fingerprint density at radius 3 is 1.91 bits per heavy atom. The van der Waals surface area contributed by atoms with Crippen LogP contribution in [0.3, 0.4) is 0 Å². The standard InChI is InChI=1S/C20H24N2O3.C8H10O.3H2/c1-15(23)21-19(14-9-16-7-5-4-6-8-16)20(24)22(2)17-10-12-18(25-3)13-11-17;1-7-3-5-8(9-2)6-4-7;;;/h4-8,10-13,19H,9,14H2,1-3H3,(H,21,23);3-6H,1-2H3;3*1H/t19-;;;;/m0..../s1. The number of aryl methyl sites for hydroxylation is 2. The van der Waals surface area contributed by atoms with Crippen molar-refractivity contribution in [3.63, 3.8) is 0 Å². The van der Waals surface area contributed by atoms with Gasteiger partial charge in [-0.25, -0.2) is 0 Å². The van der Waals surface area contributed by atoms with Crippen molar-refractivity contribution in [3.05, 3.63) is 90.0 Å². The van der Waals surface area contributed by atoms with Crippen LogP contribution in [0.4, 0.5) is 5.69 Å². The highest BCUT2D eigenvalue weighted by Crippen LogP contribution is 2.19. The summed E-state index contributed by atoms with van der Waals surface area (Å²) in [5, 5.41) is 2.77. The third kappa shape index (κ3) is 8.62. The Hall–Kier alpha value is -3.80. The van der Waals surface area contributed by atoms with Crippen LogP contribution in [0, 0.1) is 6.92 Å². The number of rotatable bonds is 8. The van der Waals surface area contributed by atoms with Gasteiger partial charge in [0.2, 0.25) is 11.8 Å². The lowest BCUT2D eigenvalue weighted by molar-refractivity contribution is -0.126. The van der Waals surface area contributed by atoms with E-state index in [1.54, 1.807) is 38.3 Å². The number of hydrogen-bond donors (Lipinski definition) is 1. The largest absolute Gasteiger partial charge is 0.497 e. The van der Waals surface area contributed by atoms with Crippen molar-refractivity contribution in [1.29, 1.82) is 0 Å². The number of amides is 2. The molecule has 0 heterocycles. The van der Waals surface area contributed by atoms with Crippen molar-refractivity contribution < 1.29 is 23.3 Å². The molecule has 0 aliphatic rings. The van der Waals surface area contributed by atoms with Crippen molar-refractivity contribution in [2.45, 2.75) is 32.7 Å². The van der Waals surface area contributed by atoms with Crippen LogP contribution in [-0.4, -0.2) is 39.1 Å². The van der Waals surface area contributed by atoms with E-state index in [0.717, 1.165) is 22.7 Å². The average Bonchev–Trinajstić information content (AvgIpc) is 2.87. The van der Waals surface area contributed by atoms with Crippen LogP contribution in [0.2, 0.25) is 0 Å². The molecule has 0 aromatic heterocycles. The summed E-state index contributed by atoms with van der Waals surface area (Å²) >= 11 is 0. The van der Waals surface area contributed by atoms with E-state index >= 15 is 0 Å². The fourth-order valence-corrected chi connectivity index (χ4v) is 3.30. The summed E-state index contributed by atoms with van der Waals surface area (Å²) in [5.41, 5.74) is 3.15. The minimum Gasteiger partial charge on any atom is -0.497 e. The highest BCUT2D eigenvalue weighted by Gasteiger charge is 2.23. The monoisotopic (exact) mass is 468 g/mol. The lowest BCUT2D eigenvalue weighted by atomic mass is 10.0. The Morgan fingerprint density at radius 2 is 1.41 bits per heavy atom. The van der Waals surface area contributed by atoms with E-state index in [0.29, 0.717) is 12.8 Å². The van der Waals surface area contributed by atoms with Gasteiger partial charge in [-0.1, -0.05) is 48.0 Å². The van der Waals surface area contributed by atoms with Gasteiger partial charge in [0, 0.05) is 23.9 Å². The molecular formula is C28H40N2O4. The second kappa shape index (κ2) is 13.7. The number of anilines is 1. The molecule has 3 aromatic rings. The number of nitrogens with one attached hydrogen (secondary N) is 1. The first-order chi connectivity index (χ1) is 16.3. The van der Waals surface area contributed by atoms with E-state index in [2.05, 4.69) is 12.2 Å². The normalized spacial score (nSPS) is 10.9. The van der Waals surface area contributed by atoms with Gasteiger partial charge >= 0.3 is 0 Å². The zero-order valence-corrected chi connectivity index (χ0v) is 20.6. The lowest BCUT2D eigenvalue weighted by Crippen LogP contribution is -2.47. The van der Waals surface area contributed by atoms with E-state index in [1.807, 2.05) is 66.7 Å². The van der Waals surface area contributed by atoms with Gasteiger partial charge in [-0.05, 0) is 61.7 Å². The molecule has 3 rings (SSSR count). The summed E-state index contributed by atoms with van der Waals surface area (Å²) in [6.45, 7) is 3.48. The molecule has 0 saturated carbocycles. The first-order valence-electron chi connectivity index (χ1n) is 11.2. The Labute approximate surface area is 207 Å². The maximum absolute atomic E-state index is 12.8. The molecule has 6 nitrogen and oxygen atoms in total. The Kier molecular flexibility index (Phi) is 10.6. The minimum absolute atomic E-state index is 0. The van der Waals surface area contributed by atoms with Crippen molar-refractivity contribution in [2.75, 3.05) is 26.2 Å². The van der Waals surface area contributed by atoms with Gasteiger partial charge < -0.3 is 19.7 Å². The highest BCUT2D eigenvalue weighted by atomic mass is 16.5. The maximum atomic E-state index is 12.8. The van der Waals surface area contributed by atoms with Crippen LogP contribution in [-0.2, 0) is 16.0 Å². The molecule has 0 fully saturated rings. The predicted octanol–water partition coefficient (Wildman–Crippen LogP) is 5.54. The van der Waals surface area contributed by atoms with Gasteiger partial charge in [-0.3, -0.25) is 9.59 Å². The molecule has 34 heavy (non-hydrogen) atoms. The van der Waals surface area contributed by atoms with Gasteiger partial charge in [0.05, 0.1) is 14.2 Å². The van der Waals surface area contributed by atoms with Gasteiger partial charge in [0.25, 0.3) is 0 Å². The first kappa shape index (κ1) is 26.5. The van der Waals surface area contributed by atoms with E-state index in [-0.39, 0.29) is 16.1 Å². The molecule has 0 aliphatic heterocycles. The summed E-state index contributed by atoms with van der Waals surface area (Å²) in [4.78, 5) is 25.9. The Balaban J connectivity index is 0. The van der Waals surface area contributed by atoms with Crippen molar-refractivity contribution in [2.24, 2.45) is 0 Å². The van der Waals surface area contributed by atoms with E-state index in [1.165, 1.54) is 12.5 Å². The molecule has 0 aliphatic carbocycles. The number of benzene rings is 3. The average molecular weight is 469 g/mol. The zero-order chi connectivity index (χ0) is 24.9. The van der Waals surface area contributed by atoms with Gasteiger partial charge in [-0.2, -0.15) is 0 Å². The SMILES string of the molecule is COc1ccc(C)cc1.COc1ccc(N(C)C(=O)[C@H](CCc2ccccc2)NC(C)=O)cc1.[HH].[HH].[HH]. The highest BCUT2D eigenvalue weighted by molar-refractivity contribution is 5.98. The quantitative estimate of drug-likeness (QED) is 0.471. The van der Waals surface area contributed by atoms with Crippen molar-refractivity contribution in [1.82, 2.24) is 5.32 Å². The number of carbonyl (C=O) groups excluding carboxylic acids is 2. The fraction of sp³-hybridized carbons (Fsp3) is 0.286. The molecule has 6 heteroatoms. The third-order valence-corrected chi connectivity index (χ3v) is 5.29. The summed E-state index contributed by atoms with van der Waals surface area (Å²) in [6.07, 6.45) is 1.26. The zero-order valence-electron chi connectivity index (χ0n) is 20.6. The van der Waals surface area contributed by atoms with Crippen LogP contribution in [0.5, 0.6) is 11.5 Å². The summed E-state index contributed by atoms with van der Waals surface area (Å²) in [6, 6.07) is 24.6. The predicted molar refractivity (Wildman–Crippen MR) is 143 cm³/mol. The number of ether oxygens (including phenoxy) is 2. The van der Waals surface area contributed by atoms with Gasteiger partial charge in [-0.15, -0.1) is 0 Å². The first-order valence-corrected chi connectivity index (χ1v) is 11.2. The van der Waals surface area contributed by atoms with E-state index in [4.69, 9.17) is 9.47 Å². The van der Waals surface area contributed by atoms with Crippen molar-refractivity contribution >= 4 is 17.5 Å². The van der Waals surface area contributed by atoms with Crippen LogP contribution in [0.1, 0.15) is 28.8 Å². The second-order valence-electron chi connectivity index (χ2n) is 7.89. The molecule has 0 unspecified atom stereocenters. The molecular weight excluding hydrogens is 428 g/mol. The molecule has 2 amide bonds. The van der Waals surface area contributed by atoms with Crippen molar-refractivity contribution in [3.8, 4) is 11.5 Å². The van der Waals surface area contributed by atoms with Crippen LogP contribution in [0.15, 0.2) is 78.9 Å². The second-order valence-corrected chi connectivity index (χ2v) is 7.89. The number of hydrogen-bond acceptors (Lipinski definition) is 4. The molecule has 186 valence electrons. The molecule has 0 radical (unpaired) electrons. The summed E-state index contributed by atoms with van der Waals surface area (Å²) < 4.78 is 10.1. The molecule has 3 aromatic carbocycles. The Morgan fingerprint density at radius 1 is 0.882 bits per heavy atom. The summed E-state index contributed by atoms with van der Waals surface area (Å²) in [7, 11) is 4.98. The van der Waals surface area contributed by atoms with Crippen LogP contribution in [0.25, 0.3) is 0 Å². The number of likely N-dealkylation sites (N-methyl/N-ethyl adjacent to an activating group) is 1. The molecule has 0 spiro atoms. The topological polar surface area (TPSA) is 67.9 Å². The Bertz CT molecular complexity index is 1030. The number of carbonyl (C=O) groups is 2. The molecule has 0 saturated heterocycles. The fourth-order valence-electron chi connectivity index (χ4n) is 3.30. The van der Waals surface area contributed by atoms with Crippen LogP contribution < -0.4 is 19.7 Å². The van der Waals surface area contributed by atoms with Gasteiger partial charge in [0.15, 0.2) is 0 Å². The maximum Gasteiger partial charge on any atom is 0.249 e. The molecule has 1 atom stereocenters. The molecule has 0 bridgehead atoms. The minimum atomic E-state index is -0.565. The lowest BCUT2D eigenvalue weighted by Gasteiger charge is -2.24. The van der Waals surface area contributed by atoms with E-state index in [9.17, 15) is 9.59 Å². The molecule has 1 N–H and O–H groups in total. The van der Waals surface area contributed by atoms with Crippen LogP contribution >= 0.6 is 0 Å². The third-order valence-electron chi connectivity index (χ3n) is 5.29. The summed E-state index contributed by atoms with van der Waals surface area (Å²) in [5.74, 6) is 1.29. The van der Waals surface area contributed by atoms with E-state index < -0.39 is 6.04 Å². The van der Waals surface area contributed by atoms with Gasteiger partial charge in [0.1, 0.15) is 17.5 Å².